The molecule has 0 aliphatic heterocycles. The number of halogens is 3. The lowest BCUT2D eigenvalue weighted by atomic mass is 10.3. The summed E-state index contributed by atoms with van der Waals surface area (Å²) in [6, 6.07) is 0. The van der Waals surface area contributed by atoms with Crippen LogP contribution in [0.4, 0.5) is 13.2 Å². The van der Waals surface area contributed by atoms with Gasteiger partial charge in [0.05, 0.1) is 0 Å². The average molecular weight is 208 g/mol. The molecule has 0 spiro atoms. The van der Waals surface area contributed by atoms with Gasteiger partial charge in [0.1, 0.15) is 0 Å². The molecule has 4 nitrogen and oxygen atoms in total. The minimum atomic E-state index is -4.77. The van der Waals surface area contributed by atoms with Crippen molar-refractivity contribution in [2.75, 3.05) is 0 Å². The van der Waals surface area contributed by atoms with Crippen LogP contribution in [0.2, 0.25) is 0 Å². The van der Waals surface area contributed by atoms with Gasteiger partial charge in [-0.05, 0) is 6.42 Å². The van der Waals surface area contributed by atoms with Crippen LogP contribution in [0.5, 0.6) is 0 Å². The fourth-order valence-corrected chi connectivity index (χ4v) is 0.852. The van der Waals surface area contributed by atoms with E-state index in [1.165, 1.54) is 0 Å². The molecule has 1 atom stereocenters. The summed E-state index contributed by atoms with van der Waals surface area (Å²) in [6.07, 6.45) is -7.04. The standard InChI is InChI=1S/C4H7F3O4S/c5-4(6,7)2-1-3(8)12(9,10)11/h3,8H,1-2H2,(H,9,10,11). The fourth-order valence-electron chi connectivity index (χ4n) is 0.436. The van der Waals surface area contributed by atoms with Crippen LogP contribution in [0.15, 0.2) is 0 Å². The molecule has 0 radical (unpaired) electrons. The van der Waals surface area contributed by atoms with Gasteiger partial charge in [-0.3, -0.25) is 4.55 Å². The Labute approximate surface area is 66.8 Å². The predicted octanol–water partition coefficient (Wildman–Crippen LogP) is 0.535. The van der Waals surface area contributed by atoms with Crippen LogP contribution in [0.1, 0.15) is 12.8 Å². The largest absolute Gasteiger partial charge is 0.389 e. The van der Waals surface area contributed by atoms with Crippen LogP contribution in [0, 0.1) is 0 Å². The minimum absolute atomic E-state index is 1.05. The van der Waals surface area contributed by atoms with E-state index in [9.17, 15) is 21.6 Å². The third-order valence-electron chi connectivity index (χ3n) is 1.02. The third kappa shape index (κ3) is 5.33. The van der Waals surface area contributed by atoms with E-state index in [1.54, 1.807) is 0 Å². The van der Waals surface area contributed by atoms with E-state index in [4.69, 9.17) is 9.66 Å². The quantitative estimate of drug-likeness (QED) is 0.663. The highest BCUT2D eigenvalue weighted by Gasteiger charge is 2.31. The number of hydrogen-bond donors (Lipinski definition) is 2. The van der Waals surface area contributed by atoms with E-state index >= 15 is 0 Å². The highest BCUT2D eigenvalue weighted by atomic mass is 32.2. The van der Waals surface area contributed by atoms with Crippen molar-refractivity contribution in [1.29, 1.82) is 0 Å². The Balaban J connectivity index is 3.98. The topological polar surface area (TPSA) is 74.6 Å². The number of alkyl halides is 3. The van der Waals surface area contributed by atoms with Gasteiger partial charge in [-0.1, -0.05) is 0 Å². The molecule has 0 aromatic rings. The summed E-state index contributed by atoms with van der Waals surface area (Å²) in [7, 11) is -4.77. The maximum atomic E-state index is 11.4. The summed E-state index contributed by atoms with van der Waals surface area (Å²) in [6.45, 7) is 0. The number of aliphatic hydroxyl groups is 1. The maximum Gasteiger partial charge on any atom is 0.389 e. The van der Waals surface area contributed by atoms with Crippen molar-refractivity contribution in [3.05, 3.63) is 0 Å². The summed E-state index contributed by atoms with van der Waals surface area (Å²) >= 11 is 0. The molecule has 0 amide bonds. The van der Waals surface area contributed by atoms with Crippen LogP contribution in [-0.2, 0) is 10.1 Å². The van der Waals surface area contributed by atoms with Crippen LogP contribution in [-0.4, -0.2) is 29.7 Å². The van der Waals surface area contributed by atoms with Crippen molar-refractivity contribution in [2.24, 2.45) is 0 Å². The predicted molar refractivity (Wildman–Crippen MR) is 32.8 cm³/mol. The van der Waals surface area contributed by atoms with Gasteiger partial charge >= 0.3 is 6.18 Å². The Morgan fingerprint density at radius 1 is 1.33 bits per heavy atom. The van der Waals surface area contributed by atoms with Gasteiger partial charge in [0.2, 0.25) is 0 Å². The summed E-state index contributed by atoms with van der Waals surface area (Å²) in [5, 5.41) is 8.41. The molecular weight excluding hydrogens is 201 g/mol. The number of rotatable bonds is 3. The molecule has 0 aliphatic carbocycles. The van der Waals surface area contributed by atoms with Crippen molar-refractivity contribution in [2.45, 2.75) is 24.5 Å². The van der Waals surface area contributed by atoms with Crippen LogP contribution in [0.25, 0.3) is 0 Å². The van der Waals surface area contributed by atoms with Crippen LogP contribution < -0.4 is 0 Å². The monoisotopic (exact) mass is 208 g/mol. The molecule has 0 heterocycles. The first-order valence-corrected chi connectivity index (χ1v) is 4.34. The second kappa shape index (κ2) is 3.58. The molecule has 0 aromatic carbocycles. The van der Waals surface area contributed by atoms with E-state index < -0.39 is 34.6 Å². The van der Waals surface area contributed by atoms with Gasteiger partial charge in [0, 0.05) is 6.42 Å². The Kier molecular flexibility index (Phi) is 3.48. The summed E-state index contributed by atoms with van der Waals surface area (Å²) in [5.41, 5.74) is -2.36. The molecule has 0 aromatic heterocycles. The lowest BCUT2D eigenvalue weighted by Gasteiger charge is -2.08. The third-order valence-corrected chi connectivity index (χ3v) is 1.94. The van der Waals surface area contributed by atoms with Gasteiger partial charge in [0.25, 0.3) is 10.1 Å². The van der Waals surface area contributed by atoms with Gasteiger partial charge in [-0.2, -0.15) is 21.6 Å². The smallest absolute Gasteiger partial charge is 0.375 e. The van der Waals surface area contributed by atoms with Gasteiger partial charge < -0.3 is 5.11 Å². The lowest BCUT2D eigenvalue weighted by molar-refractivity contribution is -0.138. The Morgan fingerprint density at radius 3 is 2.00 bits per heavy atom. The van der Waals surface area contributed by atoms with Gasteiger partial charge in [-0.25, -0.2) is 0 Å². The number of aliphatic hydroxyl groups excluding tert-OH is 1. The maximum absolute atomic E-state index is 11.4. The first-order valence-electron chi connectivity index (χ1n) is 2.84. The van der Waals surface area contributed by atoms with Crippen molar-refractivity contribution < 1.29 is 31.2 Å². The van der Waals surface area contributed by atoms with E-state index in [2.05, 4.69) is 0 Å². The molecule has 2 N–H and O–H groups in total. The second-order valence-corrected chi connectivity index (χ2v) is 3.70. The van der Waals surface area contributed by atoms with Crippen molar-refractivity contribution >= 4 is 10.1 Å². The molecule has 0 rings (SSSR count). The van der Waals surface area contributed by atoms with Crippen LogP contribution in [0.3, 0.4) is 0 Å². The lowest BCUT2D eigenvalue weighted by Crippen LogP contribution is -2.22. The average Bonchev–Trinajstić information content (AvgIpc) is 1.78. The van der Waals surface area contributed by atoms with Gasteiger partial charge in [-0.15, -0.1) is 0 Å². The molecule has 0 aliphatic rings. The van der Waals surface area contributed by atoms with E-state index in [1.807, 2.05) is 0 Å². The molecular formula is C4H7F3O4S. The molecule has 74 valence electrons. The Morgan fingerprint density at radius 2 is 1.75 bits per heavy atom. The van der Waals surface area contributed by atoms with E-state index in [0.29, 0.717) is 0 Å². The zero-order valence-electron chi connectivity index (χ0n) is 5.74. The highest BCUT2D eigenvalue weighted by Crippen LogP contribution is 2.23. The first kappa shape index (κ1) is 11.7. The molecule has 0 bridgehead atoms. The Hall–Kier alpha value is -0.340. The first-order chi connectivity index (χ1) is 5.13. The summed E-state index contributed by atoms with van der Waals surface area (Å²) in [4.78, 5) is 0. The van der Waals surface area contributed by atoms with Crippen LogP contribution >= 0.6 is 0 Å². The Bertz CT molecular complexity index is 231. The van der Waals surface area contributed by atoms with Crippen molar-refractivity contribution in [3.8, 4) is 0 Å². The van der Waals surface area contributed by atoms with Crippen molar-refractivity contribution in [1.82, 2.24) is 0 Å². The molecule has 12 heavy (non-hydrogen) atoms. The molecule has 0 fully saturated rings. The molecule has 1 unspecified atom stereocenters. The molecule has 0 saturated heterocycles. The zero-order valence-corrected chi connectivity index (χ0v) is 6.56. The van der Waals surface area contributed by atoms with Crippen molar-refractivity contribution in [3.63, 3.8) is 0 Å². The SMILES string of the molecule is O=S(=O)(O)C(O)CCC(F)(F)F. The number of hydrogen-bond acceptors (Lipinski definition) is 3. The highest BCUT2D eigenvalue weighted by molar-refractivity contribution is 7.86. The normalized spacial score (nSPS) is 16.1. The second-order valence-electron chi connectivity index (χ2n) is 2.12. The fraction of sp³-hybridized carbons (Fsp3) is 1.00. The van der Waals surface area contributed by atoms with Gasteiger partial charge in [0.15, 0.2) is 5.44 Å². The minimum Gasteiger partial charge on any atom is -0.375 e. The molecule has 0 saturated carbocycles. The van der Waals surface area contributed by atoms with E-state index in [0.717, 1.165) is 0 Å². The molecule has 8 heteroatoms. The van der Waals surface area contributed by atoms with E-state index in [-0.39, 0.29) is 0 Å². The summed E-state index contributed by atoms with van der Waals surface area (Å²) < 4.78 is 62.3. The summed E-state index contributed by atoms with van der Waals surface area (Å²) in [5.74, 6) is 0. The zero-order chi connectivity index (χ0) is 9.99.